The smallest absolute Gasteiger partial charge is 0.306 e. The number of carbonyl (C=O) groups excluding carboxylic acids is 2. The lowest BCUT2D eigenvalue weighted by Crippen LogP contribution is -2.52. The second-order valence-electron chi connectivity index (χ2n) is 13.2. The zero-order valence-corrected chi connectivity index (χ0v) is 23.9. The topological polar surface area (TPSA) is 55.8 Å². The molecule has 0 aromatic carbocycles. The van der Waals surface area contributed by atoms with Crippen LogP contribution < -0.4 is 0 Å². The molecular formula is C26H51NO4Si. The first-order chi connectivity index (χ1) is 14.4. The van der Waals surface area contributed by atoms with Gasteiger partial charge in [-0.15, -0.1) is 0 Å². The highest BCUT2D eigenvalue weighted by Gasteiger charge is 2.40. The molecule has 5 nitrogen and oxygen atoms in total. The highest BCUT2D eigenvalue weighted by Crippen LogP contribution is 2.38. The molecule has 32 heavy (non-hydrogen) atoms. The summed E-state index contributed by atoms with van der Waals surface area (Å²) in [4.78, 5) is 27.1. The first-order valence-electron chi connectivity index (χ1n) is 12.5. The number of carbonyl (C=O) groups is 2. The molecule has 0 unspecified atom stereocenters. The standard InChI is InChI=1S/C26H51NO4Si/c1-20(2)31-23(29)17-25(6,7)15-16-26(8,9)19-27-21(13-12-14-22(27)28)18-30-32(10,11)24(3,4)5/h20-21H,12-19H2,1-11H3/t21-/m1/s1. The number of piperidine rings is 1. The van der Waals surface area contributed by atoms with E-state index < -0.39 is 8.32 Å². The van der Waals surface area contributed by atoms with Gasteiger partial charge in [-0.3, -0.25) is 9.59 Å². The van der Waals surface area contributed by atoms with Crippen molar-refractivity contribution in [3.05, 3.63) is 0 Å². The maximum atomic E-state index is 12.9. The molecule has 1 heterocycles. The summed E-state index contributed by atoms with van der Waals surface area (Å²) in [6.07, 6.45) is 4.82. The molecule has 0 aromatic rings. The molecule has 0 aromatic heterocycles. The minimum absolute atomic E-state index is 0.0263. The van der Waals surface area contributed by atoms with E-state index in [1.807, 2.05) is 13.8 Å². The van der Waals surface area contributed by atoms with Gasteiger partial charge in [-0.2, -0.15) is 0 Å². The summed E-state index contributed by atoms with van der Waals surface area (Å²) in [5.41, 5.74) is -0.151. The van der Waals surface area contributed by atoms with Gasteiger partial charge in [0.15, 0.2) is 8.32 Å². The van der Waals surface area contributed by atoms with Gasteiger partial charge in [0.25, 0.3) is 0 Å². The third-order valence-corrected chi connectivity index (χ3v) is 11.7. The predicted molar refractivity (Wildman–Crippen MR) is 135 cm³/mol. The van der Waals surface area contributed by atoms with Gasteiger partial charge in [-0.1, -0.05) is 48.5 Å². The summed E-state index contributed by atoms with van der Waals surface area (Å²) < 4.78 is 11.9. The van der Waals surface area contributed by atoms with Gasteiger partial charge < -0.3 is 14.1 Å². The molecule has 188 valence electrons. The quantitative estimate of drug-likeness (QED) is 0.254. The first-order valence-corrected chi connectivity index (χ1v) is 15.4. The van der Waals surface area contributed by atoms with Crippen molar-refractivity contribution in [2.24, 2.45) is 10.8 Å². The van der Waals surface area contributed by atoms with Crippen LogP contribution in [0.3, 0.4) is 0 Å². The van der Waals surface area contributed by atoms with Gasteiger partial charge >= 0.3 is 5.97 Å². The van der Waals surface area contributed by atoms with Gasteiger partial charge in [0, 0.05) is 13.0 Å². The normalized spacial score (nSPS) is 18.9. The van der Waals surface area contributed by atoms with Gasteiger partial charge in [0.05, 0.1) is 25.2 Å². The van der Waals surface area contributed by atoms with E-state index in [2.05, 4.69) is 66.5 Å². The van der Waals surface area contributed by atoms with E-state index in [1.54, 1.807) is 0 Å². The summed E-state index contributed by atoms with van der Waals surface area (Å²) in [7, 11) is -1.85. The second-order valence-corrected chi connectivity index (χ2v) is 18.0. The Morgan fingerprint density at radius 3 is 2.16 bits per heavy atom. The molecule has 6 heteroatoms. The summed E-state index contributed by atoms with van der Waals surface area (Å²) in [6, 6.07) is 0.165. The molecule has 1 aliphatic rings. The van der Waals surface area contributed by atoms with Crippen LogP contribution in [-0.2, 0) is 18.8 Å². The number of amides is 1. The lowest BCUT2D eigenvalue weighted by Gasteiger charge is -2.43. The molecule has 0 aliphatic carbocycles. The monoisotopic (exact) mass is 469 g/mol. The lowest BCUT2D eigenvalue weighted by atomic mass is 9.76. The van der Waals surface area contributed by atoms with Crippen LogP contribution in [0, 0.1) is 10.8 Å². The summed E-state index contributed by atoms with van der Waals surface area (Å²) >= 11 is 0. The summed E-state index contributed by atoms with van der Waals surface area (Å²) in [5.74, 6) is 0.129. The number of nitrogens with zero attached hydrogens (tertiary/aromatic N) is 1. The highest BCUT2D eigenvalue weighted by molar-refractivity contribution is 6.74. The van der Waals surface area contributed by atoms with Crippen molar-refractivity contribution < 1.29 is 18.8 Å². The van der Waals surface area contributed by atoms with Crippen LogP contribution in [0.5, 0.6) is 0 Å². The Bertz CT molecular complexity index is 634. The van der Waals surface area contributed by atoms with Crippen LogP contribution in [0.1, 0.15) is 101 Å². The third-order valence-electron chi connectivity index (χ3n) is 7.20. The van der Waals surface area contributed by atoms with Crippen molar-refractivity contribution >= 4 is 20.2 Å². The van der Waals surface area contributed by atoms with Crippen molar-refractivity contribution in [1.82, 2.24) is 4.90 Å². The molecule has 0 bridgehead atoms. The molecule has 1 aliphatic heterocycles. The minimum Gasteiger partial charge on any atom is -0.463 e. The molecule has 1 rings (SSSR count). The zero-order valence-electron chi connectivity index (χ0n) is 22.9. The van der Waals surface area contributed by atoms with Crippen molar-refractivity contribution in [3.63, 3.8) is 0 Å². The SMILES string of the molecule is CC(C)OC(=O)CC(C)(C)CCC(C)(C)CN1C(=O)CCC[C@@H]1CO[Si](C)(C)C(C)(C)C. The number of rotatable bonds is 11. The zero-order chi connectivity index (χ0) is 25.0. The van der Waals surface area contributed by atoms with Crippen molar-refractivity contribution in [2.45, 2.75) is 131 Å². The Morgan fingerprint density at radius 1 is 1.06 bits per heavy atom. The van der Waals surface area contributed by atoms with Crippen LogP contribution in [0.25, 0.3) is 0 Å². The van der Waals surface area contributed by atoms with Crippen LogP contribution >= 0.6 is 0 Å². The fourth-order valence-corrected chi connectivity index (χ4v) is 4.95. The molecule has 1 fully saturated rings. The average Bonchev–Trinajstić information content (AvgIpc) is 2.58. The summed E-state index contributed by atoms with van der Waals surface area (Å²) in [5, 5.41) is 0.165. The highest BCUT2D eigenvalue weighted by atomic mass is 28.4. The minimum atomic E-state index is -1.85. The Hall–Kier alpha value is -0.883. The van der Waals surface area contributed by atoms with Crippen LogP contribution in [0.15, 0.2) is 0 Å². The summed E-state index contributed by atoms with van der Waals surface area (Å²) in [6.45, 7) is 25.2. The predicted octanol–water partition coefficient (Wildman–Crippen LogP) is 6.56. The Labute approximate surface area is 199 Å². The Morgan fingerprint density at radius 2 is 1.62 bits per heavy atom. The molecule has 1 saturated heterocycles. The van der Waals surface area contributed by atoms with Gasteiger partial charge in [0.2, 0.25) is 5.91 Å². The average molecular weight is 470 g/mol. The van der Waals surface area contributed by atoms with Crippen molar-refractivity contribution in [3.8, 4) is 0 Å². The van der Waals surface area contributed by atoms with Crippen LogP contribution in [-0.4, -0.2) is 50.4 Å². The number of hydrogen-bond acceptors (Lipinski definition) is 4. The van der Waals surface area contributed by atoms with Crippen molar-refractivity contribution in [2.75, 3.05) is 13.2 Å². The van der Waals surface area contributed by atoms with E-state index in [1.165, 1.54) is 0 Å². The largest absolute Gasteiger partial charge is 0.463 e. The molecule has 1 amide bonds. The number of ether oxygens (including phenoxy) is 1. The van der Waals surface area contributed by atoms with E-state index in [4.69, 9.17) is 9.16 Å². The van der Waals surface area contributed by atoms with E-state index in [0.717, 1.165) is 32.2 Å². The van der Waals surface area contributed by atoms with Crippen LogP contribution in [0.2, 0.25) is 18.1 Å². The van der Waals surface area contributed by atoms with E-state index in [0.29, 0.717) is 19.4 Å². The molecule has 1 atom stereocenters. The van der Waals surface area contributed by atoms with Gasteiger partial charge in [0.1, 0.15) is 0 Å². The van der Waals surface area contributed by atoms with Crippen LogP contribution in [0.4, 0.5) is 0 Å². The molecule has 0 N–H and O–H groups in total. The fraction of sp³-hybridized carbons (Fsp3) is 0.923. The molecular weight excluding hydrogens is 418 g/mol. The second kappa shape index (κ2) is 11.0. The lowest BCUT2D eigenvalue weighted by molar-refractivity contribution is -0.149. The molecule has 0 spiro atoms. The van der Waals surface area contributed by atoms with Gasteiger partial charge in [-0.05, 0) is 68.5 Å². The number of hydrogen-bond donors (Lipinski definition) is 0. The molecule has 0 saturated carbocycles. The number of likely N-dealkylation sites (tertiary alicyclic amines) is 1. The van der Waals surface area contributed by atoms with E-state index in [9.17, 15) is 9.59 Å². The number of esters is 1. The van der Waals surface area contributed by atoms with E-state index >= 15 is 0 Å². The Kier molecular flexibility index (Phi) is 10.0. The van der Waals surface area contributed by atoms with Gasteiger partial charge in [-0.25, -0.2) is 0 Å². The van der Waals surface area contributed by atoms with Crippen molar-refractivity contribution in [1.29, 1.82) is 0 Å². The maximum Gasteiger partial charge on any atom is 0.306 e. The maximum absolute atomic E-state index is 12.9. The Balaban J connectivity index is 2.75. The first kappa shape index (κ1) is 29.1. The fourth-order valence-electron chi connectivity index (χ4n) is 3.90. The molecule has 0 radical (unpaired) electrons. The third kappa shape index (κ3) is 9.54. The van der Waals surface area contributed by atoms with E-state index in [-0.39, 0.29) is 39.9 Å².